The van der Waals surface area contributed by atoms with Crippen LogP contribution < -0.4 is 5.32 Å². The molecule has 1 atom stereocenters. The van der Waals surface area contributed by atoms with Crippen molar-refractivity contribution in [3.63, 3.8) is 0 Å². The molecule has 0 saturated heterocycles. The number of carbonyl (C=O) groups is 1. The molecule has 2 N–H and O–H groups in total. The normalized spacial score (nSPS) is 12.1. The first-order chi connectivity index (χ1) is 25.5. The van der Waals surface area contributed by atoms with Crippen LogP contribution in [0.3, 0.4) is 0 Å². The second-order valence-electron chi connectivity index (χ2n) is 15.7. The molecule has 52 heavy (non-hydrogen) atoms. The van der Waals surface area contributed by atoms with Crippen LogP contribution >= 0.6 is 7.92 Å². The molecule has 308 valence electrons. The van der Waals surface area contributed by atoms with Crippen molar-refractivity contribution in [3.05, 3.63) is 24.3 Å². The Hall–Kier alpha value is -0.790. The average Bonchev–Trinajstić information content (AvgIpc) is 3.14. The lowest BCUT2D eigenvalue weighted by Crippen LogP contribution is -2.08. The number of nitrogens with one attached hydrogen (secondary N) is 2. The molecule has 4 heteroatoms. The van der Waals surface area contributed by atoms with Gasteiger partial charge in [0.05, 0.1) is 0 Å². The van der Waals surface area contributed by atoms with Gasteiger partial charge < -0.3 is 10.7 Å². The minimum atomic E-state index is 0.252. The number of rotatable bonds is 41. The molecule has 0 radical (unpaired) electrons. The molecule has 0 saturated carbocycles. The number of allylic oxidation sites excluding steroid dienone is 4. The quantitative estimate of drug-likeness (QED) is 0.0283. The minimum Gasteiger partial charge on any atom is -0.320 e. The van der Waals surface area contributed by atoms with E-state index in [-0.39, 0.29) is 7.92 Å². The second kappa shape index (κ2) is 48.2. The molecule has 0 aromatic rings. The average molecular weight is 747 g/mol. The van der Waals surface area contributed by atoms with E-state index in [1.165, 1.54) is 205 Å². The van der Waals surface area contributed by atoms with Crippen LogP contribution in [0.1, 0.15) is 239 Å². The van der Waals surface area contributed by atoms with Crippen LogP contribution in [0.15, 0.2) is 24.3 Å². The van der Waals surface area contributed by atoms with Gasteiger partial charge in [0.15, 0.2) is 0 Å². The smallest absolute Gasteiger partial charge is 0.132 e. The minimum absolute atomic E-state index is 0.252. The van der Waals surface area contributed by atoms with Crippen molar-refractivity contribution in [2.24, 2.45) is 0 Å². The Morgan fingerprint density at radius 3 is 1.23 bits per heavy atom. The Morgan fingerprint density at radius 1 is 0.481 bits per heavy atom. The molecule has 0 bridgehead atoms. The largest absolute Gasteiger partial charge is 0.320 e. The van der Waals surface area contributed by atoms with Crippen LogP contribution in [-0.4, -0.2) is 44.1 Å². The molecular weight excluding hydrogens is 652 g/mol. The number of hydrogen-bond donors (Lipinski definition) is 2. The Balaban J connectivity index is 0. The summed E-state index contributed by atoms with van der Waals surface area (Å²) in [6, 6.07) is 0. The molecule has 0 aromatic heterocycles. The summed E-state index contributed by atoms with van der Waals surface area (Å²) in [5, 5.41) is 11.4. The highest BCUT2D eigenvalue weighted by atomic mass is 31.1. The third-order valence-corrected chi connectivity index (χ3v) is 12.5. The molecule has 0 aliphatic heterocycles. The molecule has 0 fully saturated rings. The number of unbranched alkanes of at least 4 members (excludes halogenated alkanes) is 24. The van der Waals surface area contributed by atoms with Crippen molar-refractivity contribution in [2.75, 3.05) is 32.6 Å². The monoisotopic (exact) mass is 747 g/mol. The maximum absolute atomic E-state index is 11.1. The summed E-state index contributed by atoms with van der Waals surface area (Å²) in [6.45, 7) is 10.1. The third kappa shape index (κ3) is 49.2. The zero-order valence-corrected chi connectivity index (χ0v) is 37.2. The van der Waals surface area contributed by atoms with Crippen molar-refractivity contribution < 1.29 is 4.79 Å². The highest BCUT2D eigenvalue weighted by Gasteiger charge is 2.03. The first-order valence-electron chi connectivity index (χ1n) is 23.2. The summed E-state index contributed by atoms with van der Waals surface area (Å²) in [4.78, 5) is 11.1. The maximum Gasteiger partial charge on any atom is 0.132 e. The van der Waals surface area contributed by atoms with E-state index in [2.05, 4.69) is 50.1 Å². The van der Waals surface area contributed by atoms with Gasteiger partial charge >= 0.3 is 0 Å². The predicted molar refractivity (Wildman–Crippen MR) is 242 cm³/mol. The van der Waals surface area contributed by atoms with E-state index in [0.29, 0.717) is 12.2 Å². The van der Waals surface area contributed by atoms with E-state index in [9.17, 15) is 4.79 Å². The molecule has 0 rings (SSSR count). The SMILES string of the molecule is CCCCCCCC/C=C\CCCCCCCC(=N)CCCCCP(C)CCCNC.CCCCCCCC/C=C\CCCCCCCC(=O)CC. The Bertz CT molecular complexity index is 763. The Labute approximate surface area is 329 Å². The van der Waals surface area contributed by atoms with Crippen LogP contribution in [0.5, 0.6) is 0 Å². The molecule has 3 nitrogen and oxygen atoms in total. The van der Waals surface area contributed by atoms with Crippen LogP contribution in [0.25, 0.3) is 0 Å². The molecule has 0 amide bonds. The van der Waals surface area contributed by atoms with E-state index in [4.69, 9.17) is 5.41 Å². The maximum atomic E-state index is 11.1. The summed E-state index contributed by atoms with van der Waals surface area (Å²) in [5.74, 6) is 0.424. The van der Waals surface area contributed by atoms with Gasteiger partial charge in [0.1, 0.15) is 5.78 Å². The van der Waals surface area contributed by atoms with Gasteiger partial charge in [-0.15, -0.1) is 7.92 Å². The first kappa shape index (κ1) is 53.3. The van der Waals surface area contributed by atoms with Gasteiger partial charge in [0.2, 0.25) is 0 Å². The number of ketones is 1. The molecule has 1 unspecified atom stereocenters. The van der Waals surface area contributed by atoms with E-state index >= 15 is 0 Å². The lowest BCUT2D eigenvalue weighted by Gasteiger charge is -2.11. The summed E-state index contributed by atoms with van der Waals surface area (Å²) in [6.07, 6.45) is 56.0. The van der Waals surface area contributed by atoms with Crippen molar-refractivity contribution in [2.45, 2.75) is 239 Å². The van der Waals surface area contributed by atoms with Gasteiger partial charge in [-0.2, -0.15) is 0 Å². The molecule has 0 spiro atoms. The van der Waals surface area contributed by atoms with Gasteiger partial charge in [0, 0.05) is 18.6 Å². The molecule has 0 heterocycles. The number of Topliss-reactive ketones (excluding diaryl/α,β-unsaturated/α-hetero) is 1. The molecule has 0 aromatic carbocycles. The third-order valence-electron chi connectivity index (χ3n) is 10.3. The lowest BCUT2D eigenvalue weighted by molar-refractivity contribution is -0.118. The van der Waals surface area contributed by atoms with E-state index < -0.39 is 0 Å². The lowest BCUT2D eigenvalue weighted by atomic mass is 10.0. The van der Waals surface area contributed by atoms with Crippen molar-refractivity contribution in [1.82, 2.24) is 5.32 Å². The van der Waals surface area contributed by atoms with E-state index in [1.54, 1.807) is 0 Å². The zero-order chi connectivity index (χ0) is 38.4. The number of carbonyl (C=O) groups excluding carboxylic acids is 1. The highest BCUT2D eigenvalue weighted by molar-refractivity contribution is 7.56. The number of hydrogen-bond acceptors (Lipinski definition) is 3. The summed E-state index contributed by atoms with van der Waals surface area (Å²) >= 11 is 0. The van der Waals surface area contributed by atoms with Gasteiger partial charge in [-0.25, -0.2) is 0 Å². The van der Waals surface area contributed by atoms with E-state index in [0.717, 1.165) is 31.4 Å². The van der Waals surface area contributed by atoms with Gasteiger partial charge in [-0.05, 0) is 129 Å². The van der Waals surface area contributed by atoms with Crippen molar-refractivity contribution in [3.8, 4) is 0 Å². The summed E-state index contributed by atoms with van der Waals surface area (Å²) in [5.41, 5.74) is 1.01. The highest BCUT2D eigenvalue weighted by Crippen LogP contribution is 2.32. The van der Waals surface area contributed by atoms with Crippen LogP contribution in [-0.2, 0) is 4.79 Å². The zero-order valence-electron chi connectivity index (χ0n) is 36.3. The van der Waals surface area contributed by atoms with Gasteiger partial charge in [0.25, 0.3) is 0 Å². The molecular formula is C48H95N2OP. The topological polar surface area (TPSA) is 53.0 Å². The fourth-order valence-electron chi connectivity index (χ4n) is 6.64. The summed E-state index contributed by atoms with van der Waals surface area (Å²) in [7, 11) is 2.30. The van der Waals surface area contributed by atoms with Crippen LogP contribution in [0, 0.1) is 5.41 Å². The van der Waals surface area contributed by atoms with Crippen LogP contribution in [0.2, 0.25) is 0 Å². The fraction of sp³-hybridized carbons (Fsp3) is 0.875. The standard InChI is InChI=1S/C28H57N2P.C20H38O/c1-4-5-6-7-8-9-10-11-12-13-14-15-16-17-19-23-28(29)24-20-18-21-26-31(3)27-22-25-30-2;1-3-5-6-7-8-9-10-11-12-13-14-15-16-17-18-19-20(21)4-2/h11-12,29-30H,4-10,13-27H2,1-3H3;11-12H,3-10,13-19H2,1-2H3/b12-11-,29-28?;12-11-. The van der Waals surface area contributed by atoms with Gasteiger partial charge in [-0.3, -0.25) is 4.79 Å². The van der Waals surface area contributed by atoms with Crippen molar-refractivity contribution in [1.29, 1.82) is 5.41 Å². The first-order valence-corrected chi connectivity index (χ1v) is 25.4. The fourth-order valence-corrected chi connectivity index (χ4v) is 8.32. The summed E-state index contributed by atoms with van der Waals surface area (Å²) < 4.78 is 0. The predicted octanol–water partition coefficient (Wildman–Crippen LogP) is 16.3. The van der Waals surface area contributed by atoms with Crippen molar-refractivity contribution >= 4 is 19.4 Å². The molecule has 0 aliphatic rings. The van der Waals surface area contributed by atoms with Crippen LogP contribution in [0.4, 0.5) is 0 Å². The van der Waals surface area contributed by atoms with Gasteiger partial charge in [-0.1, -0.05) is 154 Å². The molecule has 0 aliphatic carbocycles. The Morgan fingerprint density at radius 2 is 0.827 bits per heavy atom. The van der Waals surface area contributed by atoms with E-state index in [1.807, 2.05) is 14.0 Å². The second-order valence-corrected chi connectivity index (χ2v) is 18.3. The Kier molecular flexibility index (Phi) is 49.4.